The summed E-state index contributed by atoms with van der Waals surface area (Å²) < 4.78 is 15.9. The highest BCUT2D eigenvalue weighted by Crippen LogP contribution is 2.32. The monoisotopic (exact) mass is 340 g/mol. The molecule has 0 atom stereocenters. The SMILES string of the molecule is COCC(=O)N1CCN(Cc2cc(Cl)cc3c2OCOC3)CC1. The third-order valence-corrected chi connectivity index (χ3v) is 4.36. The first-order valence-corrected chi connectivity index (χ1v) is 8.06. The maximum absolute atomic E-state index is 11.8. The molecule has 1 aromatic carbocycles. The van der Waals surface area contributed by atoms with E-state index in [2.05, 4.69) is 4.90 Å². The number of ether oxygens (including phenoxy) is 3. The molecule has 2 aliphatic rings. The van der Waals surface area contributed by atoms with Crippen molar-refractivity contribution in [2.75, 3.05) is 46.7 Å². The first-order chi connectivity index (χ1) is 11.2. The van der Waals surface area contributed by atoms with Crippen LogP contribution in [0.5, 0.6) is 5.75 Å². The van der Waals surface area contributed by atoms with E-state index < -0.39 is 0 Å². The number of rotatable bonds is 4. The molecule has 7 heteroatoms. The average molecular weight is 341 g/mol. The molecule has 1 amide bonds. The Balaban J connectivity index is 1.63. The van der Waals surface area contributed by atoms with Crippen LogP contribution in [0.15, 0.2) is 12.1 Å². The Labute approximate surface area is 140 Å². The number of nitrogens with zero attached hydrogens (tertiary/aromatic N) is 2. The van der Waals surface area contributed by atoms with Crippen molar-refractivity contribution in [3.8, 4) is 5.75 Å². The van der Waals surface area contributed by atoms with Crippen LogP contribution < -0.4 is 4.74 Å². The van der Waals surface area contributed by atoms with Gasteiger partial charge in [-0.1, -0.05) is 11.6 Å². The summed E-state index contributed by atoms with van der Waals surface area (Å²) in [6.07, 6.45) is 0. The van der Waals surface area contributed by atoms with E-state index in [1.54, 1.807) is 7.11 Å². The molecule has 6 nitrogen and oxygen atoms in total. The Morgan fingerprint density at radius 2 is 2.09 bits per heavy atom. The van der Waals surface area contributed by atoms with Gasteiger partial charge in [0, 0.05) is 56.0 Å². The Kier molecular flexibility index (Phi) is 5.38. The van der Waals surface area contributed by atoms with E-state index in [4.69, 9.17) is 25.8 Å². The molecule has 0 aromatic heterocycles. The highest BCUT2D eigenvalue weighted by Gasteiger charge is 2.23. The van der Waals surface area contributed by atoms with Crippen molar-refractivity contribution in [3.05, 3.63) is 28.3 Å². The number of fused-ring (bicyclic) bond motifs is 1. The molecule has 0 saturated carbocycles. The predicted molar refractivity (Wildman–Crippen MR) is 85.5 cm³/mol. The zero-order chi connectivity index (χ0) is 16.2. The van der Waals surface area contributed by atoms with Crippen LogP contribution in [-0.4, -0.2) is 62.4 Å². The van der Waals surface area contributed by atoms with E-state index in [9.17, 15) is 4.79 Å². The van der Waals surface area contributed by atoms with Crippen molar-refractivity contribution in [3.63, 3.8) is 0 Å². The van der Waals surface area contributed by atoms with Crippen molar-refractivity contribution in [2.45, 2.75) is 13.2 Å². The fourth-order valence-corrected chi connectivity index (χ4v) is 3.25. The summed E-state index contributed by atoms with van der Waals surface area (Å²) in [5, 5.41) is 0.696. The van der Waals surface area contributed by atoms with Crippen molar-refractivity contribution in [1.82, 2.24) is 9.80 Å². The molecule has 0 N–H and O–H groups in total. The van der Waals surface area contributed by atoms with Crippen LogP contribution in [-0.2, 0) is 27.4 Å². The molecule has 0 unspecified atom stereocenters. The minimum absolute atomic E-state index is 0.0489. The van der Waals surface area contributed by atoms with E-state index in [0.29, 0.717) is 11.6 Å². The van der Waals surface area contributed by atoms with Crippen molar-refractivity contribution in [2.24, 2.45) is 0 Å². The van der Waals surface area contributed by atoms with Crippen LogP contribution in [0, 0.1) is 0 Å². The summed E-state index contributed by atoms with van der Waals surface area (Å²) >= 11 is 6.20. The molecule has 2 heterocycles. The van der Waals surface area contributed by atoms with Crippen LogP contribution in [0.25, 0.3) is 0 Å². The Morgan fingerprint density at radius 3 is 2.83 bits per heavy atom. The molecule has 2 aliphatic heterocycles. The van der Waals surface area contributed by atoms with E-state index in [-0.39, 0.29) is 19.3 Å². The molecule has 0 radical (unpaired) electrons. The second-order valence-electron chi connectivity index (χ2n) is 5.75. The molecule has 0 aliphatic carbocycles. The molecule has 126 valence electrons. The number of halogens is 1. The Morgan fingerprint density at radius 1 is 1.30 bits per heavy atom. The number of piperazine rings is 1. The number of carbonyl (C=O) groups is 1. The molecule has 0 bridgehead atoms. The van der Waals surface area contributed by atoms with Crippen LogP contribution in [0.4, 0.5) is 0 Å². The van der Waals surface area contributed by atoms with Crippen LogP contribution >= 0.6 is 11.6 Å². The second kappa shape index (κ2) is 7.49. The van der Waals surface area contributed by atoms with Gasteiger partial charge in [-0.15, -0.1) is 0 Å². The zero-order valence-electron chi connectivity index (χ0n) is 13.2. The number of carbonyl (C=O) groups excluding carboxylic acids is 1. The van der Waals surface area contributed by atoms with Crippen molar-refractivity contribution >= 4 is 17.5 Å². The Bertz CT molecular complexity index is 573. The molecule has 23 heavy (non-hydrogen) atoms. The maximum Gasteiger partial charge on any atom is 0.248 e. The molecule has 3 rings (SSSR count). The second-order valence-corrected chi connectivity index (χ2v) is 6.19. The van der Waals surface area contributed by atoms with E-state index >= 15 is 0 Å². The summed E-state index contributed by atoms with van der Waals surface area (Å²) in [6, 6.07) is 3.84. The van der Waals surface area contributed by atoms with Gasteiger partial charge in [-0.2, -0.15) is 0 Å². The van der Waals surface area contributed by atoms with Crippen LogP contribution in [0.2, 0.25) is 5.02 Å². The lowest BCUT2D eigenvalue weighted by molar-refractivity contribution is -0.136. The fraction of sp³-hybridized carbons (Fsp3) is 0.562. The number of methoxy groups -OCH3 is 1. The number of hydrogen-bond donors (Lipinski definition) is 0. The van der Waals surface area contributed by atoms with Gasteiger partial charge in [-0.3, -0.25) is 9.69 Å². The number of benzene rings is 1. The minimum atomic E-state index is 0.0489. The van der Waals surface area contributed by atoms with Gasteiger partial charge in [0.1, 0.15) is 12.4 Å². The normalized spacial score (nSPS) is 18.4. The smallest absolute Gasteiger partial charge is 0.248 e. The van der Waals surface area contributed by atoms with Gasteiger partial charge in [0.15, 0.2) is 6.79 Å². The third-order valence-electron chi connectivity index (χ3n) is 4.14. The molecule has 0 spiro atoms. The summed E-state index contributed by atoms with van der Waals surface area (Å²) in [7, 11) is 1.54. The van der Waals surface area contributed by atoms with Gasteiger partial charge in [0.05, 0.1) is 6.61 Å². The van der Waals surface area contributed by atoms with Gasteiger partial charge >= 0.3 is 0 Å². The van der Waals surface area contributed by atoms with Crippen molar-refractivity contribution < 1.29 is 19.0 Å². The summed E-state index contributed by atoms with van der Waals surface area (Å²) in [6.45, 7) is 4.80. The lowest BCUT2D eigenvalue weighted by atomic mass is 10.1. The van der Waals surface area contributed by atoms with Gasteiger partial charge in [0.25, 0.3) is 0 Å². The summed E-state index contributed by atoms with van der Waals surface area (Å²) in [5.41, 5.74) is 2.07. The molecular weight excluding hydrogens is 320 g/mol. The molecule has 1 aromatic rings. The topological polar surface area (TPSA) is 51.2 Å². The first-order valence-electron chi connectivity index (χ1n) is 7.68. The standard InChI is InChI=1S/C16H21ClN2O4/c1-21-10-15(20)19-4-2-18(3-5-19)8-12-6-14(17)7-13-9-22-11-23-16(12)13/h6-7H,2-5,8-11H2,1H3. The highest BCUT2D eigenvalue weighted by molar-refractivity contribution is 6.30. The Hall–Kier alpha value is -1.34. The zero-order valence-corrected chi connectivity index (χ0v) is 14.0. The van der Waals surface area contributed by atoms with Gasteiger partial charge < -0.3 is 19.1 Å². The number of amides is 1. The van der Waals surface area contributed by atoms with E-state index in [1.165, 1.54) is 0 Å². The van der Waals surface area contributed by atoms with Crippen LogP contribution in [0.3, 0.4) is 0 Å². The first kappa shape index (κ1) is 16.5. The maximum atomic E-state index is 11.8. The van der Waals surface area contributed by atoms with E-state index in [0.717, 1.165) is 49.6 Å². The minimum Gasteiger partial charge on any atom is -0.467 e. The average Bonchev–Trinajstić information content (AvgIpc) is 2.55. The van der Waals surface area contributed by atoms with E-state index in [1.807, 2.05) is 17.0 Å². The molecule has 1 fully saturated rings. The van der Waals surface area contributed by atoms with Crippen molar-refractivity contribution in [1.29, 1.82) is 0 Å². The highest BCUT2D eigenvalue weighted by atomic mass is 35.5. The molecule has 1 saturated heterocycles. The van der Waals surface area contributed by atoms with Gasteiger partial charge in [0.2, 0.25) is 5.91 Å². The summed E-state index contributed by atoms with van der Waals surface area (Å²) in [5.74, 6) is 0.936. The van der Waals surface area contributed by atoms with Gasteiger partial charge in [-0.25, -0.2) is 0 Å². The number of hydrogen-bond acceptors (Lipinski definition) is 5. The summed E-state index contributed by atoms with van der Waals surface area (Å²) in [4.78, 5) is 16.0. The third kappa shape index (κ3) is 3.95. The van der Waals surface area contributed by atoms with Gasteiger partial charge in [-0.05, 0) is 12.1 Å². The fourth-order valence-electron chi connectivity index (χ4n) is 2.99. The molecular formula is C16H21ClN2O4. The van der Waals surface area contributed by atoms with Crippen LogP contribution in [0.1, 0.15) is 11.1 Å². The lowest BCUT2D eigenvalue weighted by Gasteiger charge is -2.35. The largest absolute Gasteiger partial charge is 0.467 e. The quantitative estimate of drug-likeness (QED) is 0.831. The predicted octanol–water partition coefficient (Wildman–Crippen LogP) is 1.50. The lowest BCUT2D eigenvalue weighted by Crippen LogP contribution is -2.49.